The Hall–Kier alpha value is -1.74. The van der Waals surface area contributed by atoms with Gasteiger partial charge in [-0.3, -0.25) is 15.0 Å². The molecule has 0 aromatic heterocycles. The first-order valence-electron chi connectivity index (χ1n) is 8.16. The van der Waals surface area contributed by atoms with Crippen LogP contribution in [0, 0.1) is 11.8 Å². The van der Waals surface area contributed by atoms with Crippen LogP contribution < -0.4 is 5.43 Å². The number of hydrazone groups is 1. The third-order valence-electron chi connectivity index (χ3n) is 4.51. The number of carbonyl (C=O) groups is 2. The summed E-state index contributed by atoms with van der Waals surface area (Å²) in [4.78, 5) is 27.1. The lowest BCUT2D eigenvalue weighted by molar-refractivity contribution is -0.133. The summed E-state index contributed by atoms with van der Waals surface area (Å²) in [6, 6.07) is 0. The van der Waals surface area contributed by atoms with Crippen molar-refractivity contribution < 1.29 is 9.59 Å². The highest BCUT2D eigenvalue weighted by molar-refractivity contribution is 8.13. The molecule has 3 aliphatic rings. The van der Waals surface area contributed by atoms with E-state index in [0.29, 0.717) is 5.04 Å². The second-order valence-corrected chi connectivity index (χ2v) is 7.64. The zero-order chi connectivity index (χ0) is 17.4. The molecule has 3 rings (SSSR count). The number of imide groups is 1. The van der Waals surface area contributed by atoms with E-state index in [1.54, 1.807) is 10.2 Å². The largest absolute Gasteiger partial charge is 0.363 e. The van der Waals surface area contributed by atoms with Crippen molar-refractivity contribution in [2.24, 2.45) is 16.9 Å². The minimum absolute atomic E-state index is 0.0628. The first kappa shape index (κ1) is 17.1. The van der Waals surface area contributed by atoms with Crippen molar-refractivity contribution in [3.8, 4) is 0 Å². The molecule has 132 valence electrons. The maximum atomic E-state index is 12.6. The van der Waals surface area contributed by atoms with Crippen LogP contribution >= 0.6 is 11.9 Å². The van der Waals surface area contributed by atoms with Crippen molar-refractivity contribution in [3.63, 3.8) is 0 Å². The third kappa shape index (κ3) is 3.10. The van der Waals surface area contributed by atoms with Crippen LogP contribution in [-0.4, -0.2) is 64.5 Å². The molecular formula is C15H24N6O2S. The molecule has 0 aromatic carbocycles. The summed E-state index contributed by atoms with van der Waals surface area (Å²) >= 11 is 1.13. The Labute approximate surface area is 146 Å². The molecule has 24 heavy (non-hydrogen) atoms. The van der Waals surface area contributed by atoms with Crippen LogP contribution in [0.3, 0.4) is 0 Å². The molecule has 9 heteroatoms. The Morgan fingerprint density at radius 3 is 2.21 bits per heavy atom. The number of hydrogen-bond acceptors (Lipinski definition) is 8. The Kier molecular flexibility index (Phi) is 4.73. The molecule has 2 unspecified atom stereocenters. The number of fused-ring (bicyclic) bond motifs is 1. The molecule has 0 bridgehead atoms. The SMILES string of the molecule is CN(C)C1=CC(SN2C(=O)C3CCCCC3C2=O)=NN(N(C)C)N1. The molecule has 1 N–H and O–H groups in total. The summed E-state index contributed by atoms with van der Waals surface area (Å²) in [5.41, 5.74) is 3.14. The molecule has 1 saturated heterocycles. The van der Waals surface area contributed by atoms with Gasteiger partial charge in [-0.25, -0.2) is 4.31 Å². The van der Waals surface area contributed by atoms with Gasteiger partial charge in [-0.2, -0.15) is 5.01 Å². The minimum atomic E-state index is -0.136. The second kappa shape index (κ2) is 6.64. The fourth-order valence-electron chi connectivity index (χ4n) is 3.18. The zero-order valence-electron chi connectivity index (χ0n) is 14.5. The van der Waals surface area contributed by atoms with Crippen LogP contribution in [0.2, 0.25) is 0 Å². The lowest BCUT2D eigenvalue weighted by Crippen LogP contribution is -2.48. The molecule has 1 saturated carbocycles. The molecule has 2 fully saturated rings. The van der Waals surface area contributed by atoms with Crippen LogP contribution in [-0.2, 0) is 9.59 Å². The van der Waals surface area contributed by atoms with Gasteiger partial charge in [0.05, 0.1) is 11.8 Å². The van der Waals surface area contributed by atoms with Crippen molar-refractivity contribution in [2.75, 3.05) is 28.2 Å². The van der Waals surface area contributed by atoms with Crippen molar-refractivity contribution >= 4 is 28.8 Å². The van der Waals surface area contributed by atoms with E-state index in [2.05, 4.69) is 10.5 Å². The monoisotopic (exact) mass is 352 g/mol. The fourth-order valence-corrected chi connectivity index (χ4v) is 4.09. The Morgan fingerprint density at radius 2 is 1.71 bits per heavy atom. The average Bonchev–Trinajstić information content (AvgIpc) is 2.80. The van der Waals surface area contributed by atoms with Gasteiger partial charge in [0.1, 0.15) is 10.9 Å². The molecule has 0 radical (unpaired) electrons. The number of rotatable bonds is 3. The molecule has 0 spiro atoms. The van der Waals surface area contributed by atoms with Gasteiger partial charge in [0.2, 0.25) is 11.8 Å². The van der Waals surface area contributed by atoms with Gasteiger partial charge in [0.25, 0.3) is 0 Å². The van der Waals surface area contributed by atoms with Gasteiger partial charge in [-0.15, -0.1) is 10.3 Å². The van der Waals surface area contributed by atoms with Gasteiger partial charge >= 0.3 is 0 Å². The lowest BCUT2D eigenvalue weighted by atomic mass is 9.81. The Morgan fingerprint density at radius 1 is 1.12 bits per heavy atom. The normalized spacial score (nSPS) is 27.0. The number of nitrogens with zero attached hydrogens (tertiary/aromatic N) is 5. The standard InChI is InChI=1S/C15H24N6O2S/c1-18(2)12-9-13(17-21(16-12)19(3)4)24-20-14(22)10-7-5-6-8-11(10)15(20)23/h9-11,16H,5-8H2,1-4H3. The summed E-state index contributed by atoms with van der Waals surface area (Å²) in [6.45, 7) is 0. The van der Waals surface area contributed by atoms with Gasteiger partial charge in [0, 0.05) is 46.2 Å². The van der Waals surface area contributed by atoms with Gasteiger partial charge < -0.3 is 4.90 Å². The highest BCUT2D eigenvalue weighted by Crippen LogP contribution is 2.41. The molecule has 2 atom stereocenters. The second-order valence-electron chi connectivity index (χ2n) is 6.67. The average molecular weight is 352 g/mol. The maximum Gasteiger partial charge on any atom is 0.243 e. The molecule has 2 amide bonds. The first-order chi connectivity index (χ1) is 11.4. The molecule has 0 aromatic rings. The topological polar surface area (TPSA) is 71.5 Å². The summed E-state index contributed by atoms with van der Waals surface area (Å²) < 4.78 is 1.32. The third-order valence-corrected chi connectivity index (χ3v) is 5.44. The van der Waals surface area contributed by atoms with E-state index < -0.39 is 0 Å². The quantitative estimate of drug-likeness (QED) is 0.596. The molecule has 8 nitrogen and oxygen atoms in total. The minimum Gasteiger partial charge on any atom is -0.363 e. The van der Waals surface area contributed by atoms with Crippen LogP contribution in [0.4, 0.5) is 0 Å². The summed E-state index contributed by atoms with van der Waals surface area (Å²) in [5.74, 6) is 0.434. The van der Waals surface area contributed by atoms with Crippen LogP contribution in [0.15, 0.2) is 17.0 Å². The number of amides is 2. The van der Waals surface area contributed by atoms with Gasteiger partial charge in [-0.05, 0) is 12.8 Å². The van der Waals surface area contributed by atoms with E-state index in [9.17, 15) is 9.59 Å². The van der Waals surface area contributed by atoms with Crippen LogP contribution in [0.5, 0.6) is 0 Å². The van der Waals surface area contributed by atoms with Gasteiger partial charge in [0.15, 0.2) is 0 Å². The number of nitrogens with one attached hydrogen (secondary N) is 1. The van der Waals surface area contributed by atoms with E-state index >= 15 is 0 Å². The van der Waals surface area contributed by atoms with E-state index in [-0.39, 0.29) is 23.7 Å². The number of carbonyl (C=O) groups excluding carboxylic acids is 2. The predicted octanol–water partition coefficient (Wildman–Crippen LogP) is 0.823. The van der Waals surface area contributed by atoms with Gasteiger partial charge in [-0.1, -0.05) is 12.8 Å². The van der Waals surface area contributed by atoms with Crippen LogP contribution in [0.1, 0.15) is 25.7 Å². The van der Waals surface area contributed by atoms with E-state index in [1.807, 2.05) is 39.2 Å². The smallest absolute Gasteiger partial charge is 0.243 e. The summed E-state index contributed by atoms with van der Waals surface area (Å²) in [5, 5.41) is 8.41. The summed E-state index contributed by atoms with van der Waals surface area (Å²) in [7, 11) is 7.55. The molecule has 1 aliphatic carbocycles. The fraction of sp³-hybridized carbons (Fsp3) is 0.667. The molecule has 2 heterocycles. The van der Waals surface area contributed by atoms with Crippen molar-refractivity contribution in [1.82, 2.24) is 24.9 Å². The predicted molar refractivity (Wildman–Crippen MR) is 92.8 cm³/mol. The van der Waals surface area contributed by atoms with Crippen LogP contribution in [0.25, 0.3) is 0 Å². The highest BCUT2D eigenvalue weighted by Gasteiger charge is 2.49. The van der Waals surface area contributed by atoms with E-state index in [1.165, 1.54) is 4.31 Å². The summed E-state index contributed by atoms with van der Waals surface area (Å²) in [6.07, 6.45) is 5.55. The van der Waals surface area contributed by atoms with E-state index in [0.717, 1.165) is 43.5 Å². The Balaban J connectivity index is 1.81. The van der Waals surface area contributed by atoms with Crippen molar-refractivity contribution in [3.05, 3.63) is 11.9 Å². The molecular weight excluding hydrogens is 328 g/mol. The zero-order valence-corrected chi connectivity index (χ0v) is 15.3. The lowest BCUT2D eigenvalue weighted by Gasteiger charge is -2.33. The number of hydrogen-bond donors (Lipinski definition) is 1. The maximum absolute atomic E-state index is 12.6. The van der Waals surface area contributed by atoms with Crippen molar-refractivity contribution in [2.45, 2.75) is 25.7 Å². The Bertz CT molecular complexity index is 579. The first-order valence-corrected chi connectivity index (χ1v) is 8.93. The van der Waals surface area contributed by atoms with Crippen molar-refractivity contribution in [1.29, 1.82) is 0 Å². The number of hydrazine groups is 2. The molecule has 2 aliphatic heterocycles. The van der Waals surface area contributed by atoms with E-state index in [4.69, 9.17) is 0 Å². The highest BCUT2D eigenvalue weighted by atomic mass is 32.2.